The van der Waals surface area contributed by atoms with Crippen molar-refractivity contribution < 1.29 is 33.6 Å². The Hall–Kier alpha value is -3.56. The summed E-state index contributed by atoms with van der Waals surface area (Å²) < 4.78 is 22.4. The fourth-order valence-electron chi connectivity index (χ4n) is 5.36. The third-order valence-corrected chi connectivity index (χ3v) is 7.20. The lowest BCUT2D eigenvalue weighted by atomic mass is 9.93. The van der Waals surface area contributed by atoms with Crippen molar-refractivity contribution in [2.45, 2.75) is 25.5 Å². The number of morpholine rings is 1. The van der Waals surface area contributed by atoms with Crippen LogP contribution in [0, 0.1) is 0 Å². The van der Waals surface area contributed by atoms with Crippen molar-refractivity contribution in [1.82, 2.24) is 9.80 Å². The SMILES string of the molecule is COc1cccc(C2C(=C(O)c3ccc4c(c3)CC(C)O4)C(=O)C(=O)N2CCN2CCOCC2)c1OC. The van der Waals surface area contributed by atoms with Crippen LogP contribution in [0.5, 0.6) is 17.2 Å². The minimum atomic E-state index is -0.838. The monoisotopic (exact) mass is 508 g/mol. The molecule has 3 aliphatic rings. The van der Waals surface area contributed by atoms with Crippen LogP contribution in [-0.4, -0.2) is 86.3 Å². The molecule has 0 aromatic heterocycles. The number of hydrogen-bond acceptors (Lipinski definition) is 8. The van der Waals surface area contributed by atoms with E-state index in [1.54, 1.807) is 30.3 Å². The lowest BCUT2D eigenvalue weighted by Crippen LogP contribution is -2.42. The van der Waals surface area contributed by atoms with E-state index in [-0.39, 0.29) is 17.4 Å². The molecule has 3 aliphatic heterocycles. The summed E-state index contributed by atoms with van der Waals surface area (Å²) in [6, 6.07) is 9.84. The molecular formula is C28H32N2O7. The maximum Gasteiger partial charge on any atom is 0.295 e. The number of aliphatic hydroxyl groups excluding tert-OH is 1. The number of benzene rings is 2. The minimum Gasteiger partial charge on any atom is -0.507 e. The summed E-state index contributed by atoms with van der Waals surface area (Å²) in [5.74, 6) is 0.0607. The molecule has 2 atom stereocenters. The van der Waals surface area contributed by atoms with Crippen molar-refractivity contribution in [3.05, 3.63) is 58.7 Å². The molecule has 5 rings (SSSR count). The zero-order valence-electron chi connectivity index (χ0n) is 21.4. The lowest BCUT2D eigenvalue weighted by molar-refractivity contribution is -0.140. The van der Waals surface area contributed by atoms with Crippen LogP contribution in [0.15, 0.2) is 42.0 Å². The number of rotatable bonds is 7. The molecule has 2 aromatic carbocycles. The van der Waals surface area contributed by atoms with Crippen molar-refractivity contribution in [3.63, 3.8) is 0 Å². The fraction of sp³-hybridized carbons (Fsp3) is 0.429. The van der Waals surface area contributed by atoms with Crippen LogP contribution in [-0.2, 0) is 20.7 Å². The molecule has 3 heterocycles. The largest absolute Gasteiger partial charge is 0.507 e. The molecule has 2 saturated heterocycles. The summed E-state index contributed by atoms with van der Waals surface area (Å²) in [6.07, 6.45) is 0.747. The predicted molar refractivity (Wildman–Crippen MR) is 136 cm³/mol. The van der Waals surface area contributed by atoms with Crippen LogP contribution < -0.4 is 14.2 Å². The van der Waals surface area contributed by atoms with Gasteiger partial charge in [-0.05, 0) is 36.8 Å². The summed E-state index contributed by atoms with van der Waals surface area (Å²) >= 11 is 0. The third kappa shape index (κ3) is 4.65. The van der Waals surface area contributed by atoms with Gasteiger partial charge in [-0.2, -0.15) is 0 Å². The number of para-hydroxylation sites is 1. The zero-order valence-corrected chi connectivity index (χ0v) is 21.4. The third-order valence-electron chi connectivity index (χ3n) is 7.20. The van der Waals surface area contributed by atoms with Gasteiger partial charge in [0.05, 0.1) is 39.0 Å². The Balaban J connectivity index is 1.60. The zero-order chi connectivity index (χ0) is 26.1. The Labute approximate surface area is 216 Å². The van der Waals surface area contributed by atoms with Crippen LogP contribution in [0.4, 0.5) is 0 Å². The number of ether oxygens (including phenoxy) is 4. The highest BCUT2D eigenvalue weighted by Gasteiger charge is 2.47. The maximum atomic E-state index is 13.5. The number of fused-ring (bicyclic) bond motifs is 1. The van der Waals surface area contributed by atoms with Crippen molar-refractivity contribution in [2.24, 2.45) is 0 Å². The van der Waals surface area contributed by atoms with Gasteiger partial charge in [0.25, 0.3) is 11.7 Å². The van der Waals surface area contributed by atoms with E-state index in [4.69, 9.17) is 18.9 Å². The predicted octanol–water partition coefficient (Wildman–Crippen LogP) is 2.78. The topological polar surface area (TPSA) is 97.8 Å². The highest BCUT2D eigenvalue weighted by molar-refractivity contribution is 6.46. The summed E-state index contributed by atoms with van der Waals surface area (Å²) in [5.41, 5.74) is 2.02. The molecule has 2 aromatic rings. The Morgan fingerprint density at radius 2 is 1.86 bits per heavy atom. The summed E-state index contributed by atoms with van der Waals surface area (Å²) in [6.45, 7) is 5.64. The molecule has 196 valence electrons. The van der Waals surface area contributed by atoms with Gasteiger partial charge < -0.3 is 29.0 Å². The Morgan fingerprint density at radius 1 is 1.08 bits per heavy atom. The number of amides is 1. The van der Waals surface area contributed by atoms with Crippen LogP contribution in [0.3, 0.4) is 0 Å². The average Bonchev–Trinajstić information content (AvgIpc) is 3.42. The maximum absolute atomic E-state index is 13.5. The number of nitrogens with zero attached hydrogens (tertiary/aromatic N) is 2. The van der Waals surface area contributed by atoms with Crippen molar-refractivity contribution in [1.29, 1.82) is 0 Å². The van der Waals surface area contributed by atoms with Crippen LogP contribution in [0.25, 0.3) is 5.76 Å². The molecule has 37 heavy (non-hydrogen) atoms. The van der Waals surface area contributed by atoms with Gasteiger partial charge in [0.2, 0.25) is 0 Å². The van der Waals surface area contributed by atoms with E-state index >= 15 is 0 Å². The normalized spacial score (nSPS) is 23.2. The van der Waals surface area contributed by atoms with Crippen LogP contribution >= 0.6 is 0 Å². The second kappa shape index (κ2) is 10.4. The van der Waals surface area contributed by atoms with Crippen molar-refractivity contribution in [3.8, 4) is 17.2 Å². The van der Waals surface area contributed by atoms with Gasteiger partial charge in [0.1, 0.15) is 17.6 Å². The van der Waals surface area contributed by atoms with Crippen molar-refractivity contribution >= 4 is 17.4 Å². The summed E-state index contributed by atoms with van der Waals surface area (Å²) in [5, 5.41) is 11.5. The second-order valence-corrected chi connectivity index (χ2v) is 9.48. The first kappa shape index (κ1) is 25.1. The smallest absolute Gasteiger partial charge is 0.295 e. The van der Waals surface area contributed by atoms with E-state index in [1.807, 2.05) is 13.0 Å². The summed E-state index contributed by atoms with van der Waals surface area (Å²) in [7, 11) is 3.05. The van der Waals surface area contributed by atoms with E-state index in [2.05, 4.69) is 4.90 Å². The Bertz CT molecular complexity index is 1240. The number of aliphatic hydroxyl groups is 1. The fourth-order valence-corrected chi connectivity index (χ4v) is 5.36. The van der Waals surface area contributed by atoms with Gasteiger partial charge in [-0.15, -0.1) is 0 Å². The molecule has 2 unspecified atom stereocenters. The van der Waals surface area contributed by atoms with E-state index in [0.29, 0.717) is 55.4 Å². The van der Waals surface area contributed by atoms with E-state index in [9.17, 15) is 14.7 Å². The van der Waals surface area contributed by atoms with E-state index in [1.165, 1.54) is 19.1 Å². The Kier molecular flexibility index (Phi) is 7.08. The van der Waals surface area contributed by atoms with Gasteiger partial charge in [-0.1, -0.05) is 12.1 Å². The van der Waals surface area contributed by atoms with Gasteiger partial charge in [0, 0.05) is 43.7 Å². The number of hydrogen-bond donors (Lipinski definition) is 1. The second-order valence-electron chi connectivity index (χ2n) is 9.48. The number of ketones is 1. The Morgan fingerprint density at radius 3 is 2.59 bits per heavy atom. The molecule has 9 heteroatoms. The highest BCUT2D eigenvalue weighted by Crippen LogP contribution is 2.45. The van der Waals surface area contributed by atoms with Crippen molar-refractivity contribution in [2.75, 3.05) is 53.6 Å². The molecule has 2 fully saturated rings. The molecule has 1 amide bonds. The molecule has 0 aliphatic carbocycles. The molecule has 0 spiro atoms. The molecule has 0 radical (unpaired) electrons. The molecule has 0 saturated carbocycles. The first-order chi connectivity index (χ1) is 17.9. The number of carbonyl (C=O) groups excluding carboxylic acids is 2. The molecule has 1 N–H and O–H groups in total. The lowest BCUT2D eigenvalue weighted by Gasteiger charge is -2.31. The highest BCUT2D eigenvalue weighted by atomic mass is 16.5. The molecule has 9 nitrogen and oxygen atoms in total. The van der Waals surface area contributed by atoms with E-state index < -0.39 is 17.7 Å². The molecular weight excluding hydrogens is 476 g/mol. The number of likely N-dealkylation sites (tertiary alicyclic amines) is 1. The molecule has 0 bridgehead atoms. The average molecular weight is 509 g/mol. The minimum absolute atomic E-state index is 0.0328. The number of methoxy groups -OCH3 is 2. The van der Waals surface area contributed by atoms with Gasteiger partial charge in [0.15, 0.2) is 11.5 Å². The van der Waals surface area contributed by atoms with Crippen LogP contribution in [0.1, 0.15) is 29.7 Å². The summed E-state index contributed by atoms with van der Waals surface area (Å²) in [4.78, 5) is 30.6. The van der Waals surface area contributed by atoms with E-state index in [0.717, 1.165) is 24.4 Å². The van der Waals surface area contributed by atoms with Gasteiger partial charge >= 0.3 is 0 Å². The first-order valence-electron chi connectivity index (χ1n) is 12.5. The number of Topliss-reactive ketones (excluding diaryl/α,β-unsaturated/α-hetero) is 1. The standard InChI is InChI=1S/C28H32N2O7/c1-17-15-19-16-18(7-8-21(19)37-17)25(31)23-24(20-5-4-6-22(34-2)27(20)35-3)30(28(33)26(23)32)10-9-29-11-13-36-14-12-29/h4-8,16-17,24,31H,9-15H2,1-3H3. The number of carbonyl (C=O) groups is 2. The van der Waals surface area contributed by atoms with Gasteiger partial charge in [-0.3, -0.25) is 14.5 Å². The quantitative estimate of drug-likeness (QED) is 0.347. The van der Waals surface area contributed by atoms with Gasteiger partial charge in [-0.25, -0.2) is 0 Å². The van der Waals surface area contributed by atoms with Crippen LogP contribution in [0.2, 0.25) is 0 Å². The first-order valence-corrected chi connectivity index (χ1v) is 12.5.